The Morgan fingerprint density at radius 2 is 2.17 bits per heavy atom. The van der Waals surface area contributed by atoms with Gasteiger partial charge in [0, 0.05) is 41.8 Å². The summed E-state index contributed by atoms with van der Waals surface area (Å²) in [5.74, 6) is 0. The molecule has 0 aliphatic carbocycles. The molecule has 2 rings (SSSR count). The van der Waals surface area contributed by atoms with Crippen molar-refractivity contribution in [2.24, 2.45) is 0 Å². The van der Waals surface area contributed by atoms with Crippen molar-refractivity contribution in [2.45, 2.75) is 58.2 Å². The lowest BCUT2D eigenvalue weighted by Crippen LogP contribution is -2.67. The summed E-state index contributed by atoms with van der Waals surface area (Å²) >= 11 is 1.76. The second-order valence-electron chi connectivity index (χ2n) is 5.94. The number of rotatable bonds is 4. The molecule has 4 heteroatoms. The van der Waals surface area contributed by atoms with Gasteiger partial charge in [-0.3, -0.25) is 9.88 Å². The average Bonchev–Trinajstić information content (AvgIpc) is 2.87. The summed E-state index contributed by atoms with van der Waals surface area (Å²) in [5, 5.41) is 3.74. The van der Waals surface area contributed by atoms with Gasteiger partial charge in [0.1, 0.15) is 0 Å². The molecule has 0 aromatic carbocycles. The third-order valence-corrected chi connectivity index (χ3v) is 5.34. The van der Waals surface area contributed by atoms with Gasteiger partial charge in [0.25, 0.3) is 0 Å². The Morgan fingerprint density at radius 3 is 2.72 bits per heavy atom. The Morgan fingerprint density at radius 1 is 1.39 bits per heavy atom. The van der Waals surface area contributed by atoms with Gasteiger partial charge < -0.3 is 5.32 Å². The normalized spacial score (nSPS) is 33.8. The van der Waals surface area contributed by atoms with E-state index in [2.05, 4.69) is 42.9 Å². The number of nitrogens with one attached hydrogen (secondary N) is 1. The topological polar surface area (TPSA) is 28.2 Å². The second-order valence-corrected chi connectivity index (χ2v) is 6.91. The lowest BCUT2D eigenvalue weighted by Gasteiger charge is -2.52. The molecule has 1 aromatic rings. The van der Waals surface area contributed by atoms with Gasteiger partial charge in [-0.25, -0.2) is 0 Å². The maximum absolute atomic E-state index is 4.19. The summed E-state index contributed by atoms with van der Waals surface area (Å²) in [6.45, 7) is 12.5. The lowest BCUT2D eigenvalue weighted by molar-refractivity contribution is 0.0111. The molecule has 2 unspecified atom stereocenters. The van der Waals surface area contributed by atoms with Crippen LogP contribution in [-0.4, -0.2) is 34.1 Å². The van der Waals surface area contributed by atoms with E-state index >= 15 is 0 Å². The highest BCUT2D eigenvalue weighted by molar-refractivity contribution is 7.09. The number of piperazine rings is 1. The van der Waals surface area contributed by atoms with Crippen molar-refractivity contribution in [3.63, 3.8) is 0 Å². The van der Waals surface area contributed by atoms with E-state index in [0.717, 1.165) is 19.6 Å². The first-order chi connectivity index (χ1) is 8.51. The van der Waals surface area contributed by atoms with E-state index in [1.807, 2.05) is 11.7 Å². The predicted octanol–water partition coefficient (Wildman–Crippen LogP) is 2.89. The van der Waals surface area contributed by atoms with Crippen LogP contribution >= 0.6 is 11.3 Å². The van der Waals surface area contributed by atoms with Gasteiger partial charge >= 0.3 is 0 Å². The van der Waals surface area contributed by atoms with Gasteiger partial charge in [-0.15, -0.1) is 11.3 Å². The smallest absolute Gasteiger partial charge is 0.0794 e. The molecule has 102 valence electrons. The zero-order valence-corrected chi connectivity index (χ0v) is 12.8. The molecule has 0 radical (unpaired) electrons. The highest BCUT2D eigenvalue weighted by Crippen LogP contribution is 2.30. The second kappa shape index (κ2) is 5.27. The summed E-state index contributed by atoms with van der Waals surface area (Å²) in [7, 11) is 0. The Labute approximate surface area is 115 Å². The Kier molecular flexibility index (Phi) is 4.09. The van der Waals surface area contributed by atoms with E-state index in [0.29, 0.717) is 0 Å². The average molecular weight is 267 g/mol. The molecule has 18 heavy (non-hydrogen) atoms. The minimum absolute atomic E-state index is 0.249. The van der Waals surface area contributed by atoms with E-state index in [1.165, 1.54) is 17.7 Å². The maximum atomic E-state index is 4.19. The molecule has 2 heterocycles. The van der Waals surface area contributed by atoms with Crippen LogP contribution < -0.4 is 5.32 Å². The van der Waals surface area contributed by atoms with Crippen molar-refractivity contribution in [1.29, 1.82) is 0 Å². The number of aromatic nitrogens is 1. The van der Waals surface area contributed by atoms with Crippen LogP contribution in [0.15, 0.2) is 11.7 Å². The maximum Gasteiger partial charge on any atom is 0.0794 e. The van der Waals surface area contributed by atoms with Crippen LogP contribution in [0.3, 0.4) is 0 Å². The van der Waals surface area contributed by atoms with Crippen LogP contribution in [-0.2, 0) is 6.54 Å². The summed E-state index contributed by atoms with van der Waals surface area (Å²) in [6, 6.07) is 0. The monoisotopic (exact) mass is 267 g/mol. The van der Waals surface area contributed by atoms with Crippen molar-refractivity contribution >= 4 is 11.3 Å². The van der Waals surface area contributed by atoms with E-state index in [9.17, 15) is 0 Å². The van der Waals surface area contributed by atoms with Crippen LogP contribution in [0.4, 0.5) is 0 Å². The van der Waals surface area contributed by atoms with Crippen molar-refractivity contribution in [2.75, 3.05) is 13.1 Å². The molecule has 0 saturated carbocycles. The molecule has 1 saturated heterocycles. The van der Waals surface area contributed by atoms with Crippen molar-refractivity contribution in [1.82, 2.24) is 15.2 Å². The number of thiazole rings is 1. The number of nitrogens with zero attached hydrogens (tertiary/aromatic N) is 2. The van der Waals surface area contributed by atoms with Gasteiger partial charge in [0.2, 0.25) is 0 Å². The standard InChI is InChI=1S/C14H25N3S/c1-5-13(3)10-17(8-12-7-15-11-18-12)14(4,6-2)9-16-13/h7,11,16H,5-6,8-10H2,1-4H3. The van der Waals surface area contributed by atoms with Gasteiger partial charge in [0.15, 0.2) is 0 Å². The zero-order valence-electron chi connectivity index (χ0n) is 12.0. The third kappa shape index (κ3) is 2.76. The molecule has 2 atom stereocenters. The SMILES string of the molecule is CCC1(C)CN(Cc2cncs2)C(C)(CC)CN1. The zero-order chi connectivity index (χ0) is 13.2. The molecule has 1 aliphatic heterocycles. The Balaban J connectivity index is 2.15. The van der Waals surface area contributed by atoms with E-state index in [1.54, 1.807) is 11.3 Å². The molecule has 1 aromatic heterocycles. The van der Waals surface area contributed by atoms with Crippen LogP contribution in [0.25, 0.3) is 0 Å². The van der Waals surface area contributed by atoms with Crippen molar-refractivity contribution < 1.29 is 0 Å². The van der Waals surface area contributed by atoms with E-state index in [-0.39, 0.29) is 11.1 Å². The van der Waals surface area contributed by atoms with Gasteiger partial charge in [-0.1, -0.05) is 13.8 Å². The molecule has 0 amide bonds. The number of hydrogen-bond donors (Lipinski definition) is 1. The van der Waals surface area contributed by atoms with Crippen molar-refractivity contribution in [3.8, 4) is 0 Å². The minimum atomic E-state index is 0.249. The van der Waals surface area contributed by atoms with Gasteiger partial charge in [-0.2, -0.15) is 0 Å². The largest absolute Gasteiger partial charge is 0.308 e. The van der Waals surface area contributed by atoms with Crippen LogP contribution in [0.1, 0.15) is 45.4 Å². The quantitative estimate of drug-likeness (QED) is 0.909. The minimum Gasteiger partial charge on any atom is -0.308 e. The molecular weight excluding hydrogens is 242 g/mol. The van der Waals surface area contributed by atoms with Crippen LogP contribution in [0.5, 0.6) is 0 Å². The first-order valence-corrected chi connectivity index (χ1v) is 7.77. The molecular formula is C14H25N3S. The Hall–Kier alpha value is -0.450. The highest BCUT2D eigenvalue weighted by atomic mass is 32.1. The lowest BCUT2D eigenvalue weighted by atomic mass is 9.85. The molecule has 1 N–H and O–H groups in total. The first kappa shape index (κ1) is 14.0. The summed E-state index contributed by atoms with van der Waals surface area (Å²) in [4.78, 5) is 8.20. The molecule has 3 nitrogen and oxygen atoms in total. The molecule has 1 aliphatic rings. The van der Waals surface area contributed by atoms with Gasteiger partial charge in [0.05, 0.1) is 5.51 Å². The van der Waals surface area contributed by atoms with Gasteiger partial charge in [-0.05, 0) is 26.7 Å². The fraction of sp³-hybridized carbons (Fsp3) is 0.786. The summed E-state index contributed by atoms with van der Waals surface area (Å²) in [5.41, 5.74) is 2.44. The molecule has 0 bridgehead atoms. The summed E-state index contributed by atoms with van der Waals surface area (Å²) in [6.07, 6.45) is 4.36. The Bertz CT molecular complexity index is 378. The van der Waals surface area contributed by atoms with E-state index in [4.69, 9.17) is 0 Å². The summed E-state index contributed by atoms with van der Waals surface area (Å²) < 4.78 is 0. The third-order valence-electron chi connectivity index (χ3n) is 4.57. The highest BCUT2D eigenvalue weighted by Gasteiger charge is 2.40. The first-order valence-electron chi connectivity index (χ1n) is 6.89. The fourth-order valence-corrected chi connectivity index (χ4v) is 3.13. The predicted molar refractivity (Wildman–Crippen MR) is 77.9 cm³/mol. The van der Waals surface area contributed by atoms with Crippen LogP contribution in [0, 0.1) is 0 Å². The van der Waals surface area contributed by atoms with Crippen LogP contribution in [0.2, 0.25) is 0 Å². The van der Waals surface area contributed by atoms with Crippen molar-refractivity contribution in [3.05, 3.63) is 16.6 Å². The molecule has 0 spiro atoms. The number of hydrogen-bond acceptors (Lipinski definition) is 4. The van der Waals surface area contributed by atoms with E-state index < -0.39 is 0 Å². The molecule has 1 fully saturated rings. The fourth-order valence-electron chi connectivity index (χ4n) is 2.52.